The van der Waals surface area contributed by atoms with E-state index in [1.54, 1.807) is 0 Å². The van der Waals surface area contributed by atoms with Crippen molar-refractivity contribution in [1.29, 1.82) is 0 Å². The van der Waals surface area contributed by atoms with Crippen LogP contribution in [0.5, 0.6) is 0 Å². The summed E-state index contributed by atoms with van der Waals surface area (Å²) in [5.74, 6) is 1.93. The molecular formula is C17H21N3O2. The monoisotopic (exact) mass is 299 g/mol. The fourth-order valence-electron chi connectivity index (χ4n) is 3.34. The van der Waals surface area contributed by atoms with E-state index in [9.17, 15) is 5.11 Å². The highest BCUT2D eigenvalue weighted by Gasteiger charge is 2.39. The predicted molar refractivity (Wildman–Crippen MR) is 81.2 cm³/mol. The summed E-state index contributed by atoms with van der Waals surface area (Å²) in [6.07, 6.45) is 3.07. The van der Waals surface area contributed by atoms with E-state index in [0.29, 0.717) is 24.9 Å². The van der Waals surface area contributed by atoms with Gasteiger partial charge in [-0.15, -0.1) is 10.2 Å². The number of likely N-dealkylation sites (tertiary alicyclic amines) is 1. The SMILES string of the molecule is Cc1ccccc1C1(O)CCN(Cc2nnc(C3CC3)o2)C1. The first-order chi connectivity index (χ1) is 10.6. The molecule has 1 unspecified atom stereocenters. The van der Waals surface area contributed by atoms with Crippen LogP contribution in [0.2, 0.25) is 0 Å². The maximum absolute atomic E-state index is 11.0. The lowest BCUT2D eigenvalue weighted by Crippen LogP contribution is -2.31. The lowest BCUT2D eigenvalue weighted by Gasteiger charge is -2.25. The molecule has 22 heavy (non-hydrogen) atoms. The largest absolute Gasteiger partial charge is 0.424 e. The van der Waals surface area contributed by atoms with Crippen molar-refractivity contribution in [2.45, 2.75) is 44.2 Å². The molecule has 1 aromatic carbocycles. The van der Waals surface area contributed by atoms with Gasteiger partial charge in [0.25, 0.3) is 0 Å². The molecule has 1 aliphatic carbocycles. The number of hydrogen-bond donors (Lipinski definition) is 1. The van der Waals surface area contributed by atoms with Crippen LogP contribution in [-0.2, 0) is 12.1 Å². The van der Waals surface area contributed by atoms with Crippen LogP contribution >= 0.6 is 0 Å². The van der Waals surface area contributed by atoms with Gasteiger partial charge in [0.1, 0.15) is 5.60 Å². The zero-order chi connectivity index (χ0) is 15.2. The first-order valence-electron chi connectivity index (χ1n) is 7.97. The molecule has 0 spiro atoms. The molecule has 0 bridgehead atoms. The number of aryl methyl sites for hydroxylation is 1. The quantitative estimate of drug-likeness (QED) is 0.939. The highest BCUT2D eigenvalue weighted by Crippen LogP contribution is 2.39. The van der Waals surface area contributed by atoms with Gasteiger partial charge in [-0.25, -0.2) is 0 Å². The van der Waals surface area contributed by atoms with Gasteiger partial charge in [0.2, 0.25) is 11.8 Å². The zero-order valence-electron chi connectivity index (χ0n) is 12.8. The summed E-state index contributed by atoms with van der Waals surface area (Å²) in [7, 11) is 0. The number of nitrogens with zero attached hydrogens (tertiary/aromatic N) is 3. The molecule has 5 heteroatoms. The Morgan fingerprint density at radius 1 is 1.32 bits per heavy atom. The number of β-amino-alcohol motifs (C(OH)–C–C–N with tert-alkyl or cyclic N) is 1. The van der Waals surface area contributed by atoms with Crippen LogP contribution in [0.1, 0.15) is 48.1 Å². The maximum atomic E-state index is 11.0. The summed E-state index contributed by atoms with van der Waals surface area (Å²) in [5, 5.41) is 19.2. The van der Waals surface area contributed by atoms with Gasteiger partial charge in [0.05, 0.1) is 6.54 Å². The van der Waals surface area contributed by atoms with Crippen molar-refractivity contribution in [1.82, 2.24) is 15.1 Å². The van der Waals surface area contributed by atoms with Gasteiger partial charge in [0, 0.05) is 19.0 Å². The number of benzene rings is 1. The third-order valence-corrected chi connectivity index (χ3v) is 4.74. The molecule has 2 fully saturated rings. The molecule has 2 aromatic rings. The topological polar surface area (TPSA) is 62.4 Å². The first-order valence-corrected chi connectivity index (χ1v) is 7.97. The van der Waals surface area contributed by atoms with Crippen LogP contribution in [0.4, 0.5) is 0 Å². The van der Waals surface area contributed by atoms with E-state index in [4.69, 9.17) is 4.42 Å². The number of rotatable bonds is 4. The molecule has 1 saturated heterocycles. The van der Waals surface area contributed by atoms with Crippen LogP contribution in [-0.4, -0.2) is 33.3 Å². The fourth-order valence-corrected chi connectivity index (χ4v) is 3.34. The zero-order valence-corrected chi connectivity index (χ0v) is 12.8. The van der Waals surface area contributed by atoms with Crippen molar-refractivity contribution in [2.24, 2.45) is 0 Å². The van der Waals surface area contributed by atoms with Crippen LogP contribution in [0.3, 0.4) is 0 Å². The van der Waals surface area contributed by atoms with Crippen molar-refractivity contribution in [3.63, 3.8) is 0 Å². The van der Waals surface area contributed by atoms with Gasteiger partial charge in [-0.2, -0.15) is 0 Å². The van der Waals surface area contributed by atoms with Crippen LogP contribution in [0.15, 0.2) is 28.7 Å². The summed E-state index contributed by atoms with van der Waals surface area (Å²) < 4.78 is 5.72. The van der Waals surface area contributed by atoms with E-state index >= 15 is 0 Å². The van der Waals surface area contributed by atoms with E-state index in [2.05, 4.69) is 28.1 Å². The minimum Gasteiger partial charge on any atom is -0.424 e. The molecule has 0 radical (unpaired) electrons. The molecule has 1 N–H and O–H groups in total. The summed E-state index contributed by atoms with van der Waals surface area (Å²) in [6, 6.07) is 8.07. The molecule has 116 valence electrons. The first kappa shape index (κ1) is 13.9. The Kier molecular flexibility index (Phi) is 3.27. The van der Waals surface area contributed by atoms with Gasteiger partial charge < -0.3 is 9.52 Å². The lowest BCUT2D eigenvalue weighted by molar-refractivity contribution is 0.0437. The Morgan fingerprint density at radius 2 is 2.14 bits per heavy atom. The predicted octanol–water partition coefficient (Wildman–Crippen LogP) is 2.35. The summed E-state index contributed by atoms with van der Waals surface area (Å²) in [6.45, 7) is 4.12. The molecular weight excluding hydrogens is 278 g/mol. The number of aliphatic hydroxyl groups is 1. The highest BCUT2D eigenvalue weighted by molar-refractivity contribution is 5.32. The van der Waals surface area contributed by atoms with Crippen molar-refractivity contribution in [3.8, 4) is 0 Å². The molecule has 1 atom stereocenters. The average molecular weight is 299 g/mol. The van der Waals surface area contributed by atoms with Crippen LogP contribution < -0.4 is 0 Å². The third-order valence-electron chi connectivity index (χ3n) is 4.74. The molecule has 2 heterocycles. The Morgan fingerprint density at radius 3 is 2.91 bits per heavy atom. The highest BCUT2D eigenvalue weighted by atomic mass is 16.4. The maximum Gasteiger partial charge on any atom is 0.230 e. The second-order valence-electron chi connectivity index (χ2n) is 6.62. The Hall–Kier alpha value is -1.72. The molecule has 1 aliphatic heterocycles. The smallest absolute Gasteiger partial charge is 0.230 e. The average Bonchev–Trinajstić information content (AvgIpc) is 3.14. The molecule has 2 aliphatic rings. The van der Waals surface area contributed by atoms with Crippen LogP contribution in [0.25, 0.3) is 0 Å². The van der Waals surface area contributed by atoms with E-state index in [0.717, 1.165) is 30.0 Å². The number of aromatic nitrogens is 2. The van der Waals surface area contributed by atoms with Gasteiger partial charge in [-0.3, -0.25) is 4.90 Å². The molecule has 5 nitrogen and oxygen atoms in total. The fraction of sp³-hybridized carbons (Fsp3) is 0.529. The van der Waals surface area contributed by atoms with E-state index in [1.807, 2.05) is 18.2 Å². The minimum absolute atomic E-state index is 0.490. The Balaban J connectivity index is 1.46. The van der Waals surface area contributed by atoms with E-state index in [-0.39, 0.29) is 0 Å². The van der Waals surface area contributed by atoms with E-state index in [1.165, 1.54) is 12.8 Å². The van der Waals surface area contributed by atoms with Gasteiger partial charge in [-0.05, 0) is 37.3 Å². The van der Waals surface area contributed by atoms with Gasteiger partial charge in [0.15, 0.2) is 0 Å². The van der Waals surface area contributed by atoms with Crippen molar-refractivity contribution in [3.05, 3.63) is 47.2 Å². The molecule has 4 rings (SSSR count). The van der Waals surface area contributed by atoms with Crippen molar-refractivity contribution in [2.75, 3.05) is 13.1 Å². The number of hydrogen-bond acceptors (Lipinski definition) is 5. The second-order valence-corrected chi connectivity index (χ2v) is 6.62. The van der Waals surface area contributed by atoms with Crippen molar-refractivity contribution < 1.29 is 9.52 Å². The molecule has 1 saturated carbocycles. The molecule has 0 amide bonds. The minimum atomic E-state index is -0.773. The summed E-state index contributed by atoms with van der Waals surface area (Å²) >= 11 is 0. The van der Waals surface area contributed by atoms with Crippen LogP contribution in [0, 0.1) is 6.92 Å². The van der Waals surface area contributed by atoms with Crippen molar-refractivity contribution >= 4 is 0 Å². The molecule has 1 aromatic heterocycles. The summed E-state index contributed by atoms with van der Waals surface area (Å²) in [4.78, 5) is 2.19. The van der Waals surface area contributed by atoms with E-state index < -0.39 is 5.60 Å². The second kappa shape index (κ2) is 5.18. The normalized spacial score (nSPS) is 25.7. The summed E-state index contributed by atoms with van der Waals surface area (Å²) in [5.41, 5.74) is 1.40. The lowest BCUT2D eigenvalue weighted by atomic mass is 9.89. The van der Waals surface area contributed by atoms with Gasteiger partial charge >= 0.3 is 0 Å². The third kappa shape index (κ3) is 2.55. The van der Waals surface area contributed by atoms with Gasteiger partial charge in [-0.1, -0.05) is 24.3 Å². The Bertz CT molecular complexity index is 680. The Labute approximate surface area is 130 Å². The standard InChI is InChI=1S/C17H21N3O2/c1-12-4-2-3-5-14(12)17(21)8-9-20(11-17)10-15-18-19-16(22-15)13-6-7-13/h2-5,13,21H,6-11H2,1H3.